The van der Waals surface area contributed by atoms with Crippen LogP contribution in [0.1, 0.15) is 114 Å². The van der Waals surface area contributed by atoms with Gasteiger partial charge in [0.05, 0.1) is 6.04 Å². The van der Waals surface area contributed by atoms with E-state index in [1.807, 2.05) is 49.1 Å². The molecule has 2 aliphatic heterocycles. The highest BCUT2D eigenvalue weighted by atomic mass is 19.3. The van der Waals surface area contributed by atoms with Gasteiger partial charge in [0.2, 0.25) is 11.8 Å². The molecule has 5 rings (SSSR count). The lowest BCUT2D eigenvalue weighted by Gasteiger charge is -2.40. The molecule has 3 fully saturated rings. The number of halogens is 2. The topological polar surface area (TPSA) is 63.1 Å². The highest BCUT2D eigenvalue weighted by molar-refractivity contribution is 5.79. The molecule has 2 aromatic rings. The van der Waals surface area contributed by atoms with E-state index in [-0.39, 0.29) is 67.9 Å². The van der Waals surface area contributed by atoms with Gasteiger partial charge in [-0.3, -0.25) is 9.69 Å². The van der Waals surface area contributed by atoms with Crippen LogP contribution in [-0.4, -0.2) is 50.1 Å². The Morgan fingerprint density at radius 3 is 2.41 bits per heavy atom. The number of rotatable bonds is 8. The lowest BCUT2D eigenvalue weighted by molar-refractivity contribution is -0.130. The summed E-state index contributed by atoms with van der Waals surface area (Å²) >= 11 is 0. The summed E-state index contributed by atoms with van der Waals surface area (Å²) in [4.78, 5) is 15.1. The van der Waals surface area contributed by atoms with Crippen molar-refractivity contribution in [3.63, 3.8) is 0 Å². The van der Waals surface area contributed by atoms with Crippen LogP contribution in [0, 0.1) is 12.8 Å². The van der Waals surface area contributed by atoms with E-state index in [1.165, 1.54) is 0 Å². The number of benzene rings is 1. The van der Waals surface area contributed by atoms with E-state index in [4.69, 9.17) is 4.11 Å². The molecule has 3 aliphatic rings. The Kier molecular flexibility index (Phi) is 6.01. The quantitative estimate of drug-likeness (QED) is 0.469. The number of aromatic nitrogens is 3. The Hall–Kier alpha value is -2.35. The molecule has 2 bridgehead atoms. The predicted molar refractivity (Wildman–Crippen MR) is 139 cm³/mol. The molecule has 1 amide bonds. The molecule has 1 saturated carbocycles. The van der Waals surface area contributed by atoms with Crippen LogP contribution in [0.2, 0.25) is 0 Å². The SMILES string of the molecule is [2H]C([2H])([2H])c1nnc(C(C)C)n1C1C[C@H]2CC[C@@H](C1)N2C([2H])([2H])C[C@H](NC(=O)C1CCC(F)(F)CC1)c1ccccc1. The predicted octanol–water partition coefficient (Wildman–Crippen LogP) is 5.95. The van der Waals surface area contributed by atoms with Crippen LogP contribution >= 0.6 is 0 Å². The normalized spacial score (nSPS) is 29.6. The number of piperidine rings is 1. The molecular formula is C29H41F2N5O. The van der Waals surface area contributed by atoms with Crippen LogP contribution in [0.3, 0.4) is 0 Å². The molecule has 0 radical (unpaired) electrons. The van der Waals surface area contributed by atoms with Crippen LogP contribution in [-0.2, 0) is 4.79 Å². The summed E-state index contributed by atoms with van der Waals surface area (Å²) in [6, 6.07) is 8.26. The summed E-state index contributed by atoms with van der Waals surface area (Å²) in [5, 5.41) is 11.3. The molecule has 0 spiro atoms. The third-order valence-electron chi connectivity index (χ3n) is 8.40. The first kappa shape index (κ1) is 20.6. The number of carbonyl (C=O) groups is 1. The Labute approximate surface area is 226 Å². The zero-order valence-corrected chi connectivity index (χ0v) is 21.7. The number of fused-ring (bicyclic) bond motifs is 2. The number of amides is 1. The molecule has 2 saturated heterocycles. The molecule has 1 aromatic heterocycles. The first-order valence-corrected chi connectivity index (χ1v) is 13.6. The number of carbonyl (C=O) groups excluding carboxylic acids is 1. The van der Waals surface area contributed by atoms with Crippen molar-refractivity contribution in [3.05, 3.63) is 47.5 Å². The fourth-order valence-electron chi connectivity index (χ4n) is 6.40. The van der Waals surface area contributed by atoms with E-state index in [9.17, 15) is 16.3 Å². The van der Waals surface area contributed by atoms with Crippen molar-refractivity contribution in [2.75, 3.05) is 6.50 Å². The third kappa shape index (κ3) is 5.74. The summed E-state index contributed by atoms with van der Waals surface area (Å²) in [6.07, 6.45) is 2.36. The highest BCUT2D eigenvalue weighted by Gasteiger charge is 2.42. The van der Waals surface area contributed by atoms with Crippen molar-refractivity contribution in [1.82, 2.24) is 25.0 Å². The minimum atomic E-state index is -2.73. The second-order valence-electron chi connectivity index (χ2n) is 11.3. The van der Waals surface area contributed by atoms with Crippen LogP contribution in [0.15, 0.2) is 30.3 Å². The summed E-state index contributed by atoms with van der Waals surface area (Å²) in [6.45, 7) is -0.252. The molecule has 1 aliphatic carbocycles. The van der Waals surface area contributed by atoms with Gasteiger partial charge in [-0.2, -0.15) is 0 Å². The molecule has 6 nitrogen and oxygen atoms in total. The molecule has 1 unspecified atom stereocenters. The van der Waals surface area contributed by atoms with E-state index >= 15 is 0 Å². The third-order valence-corrected chi connectivity index (χ3v) is 8.40. The number of hydrogen-bond donors (Lipinski definition) is 1. The van der Waals surface area contributed by atoms with Crippen LogP contribution in [0.4, 0.5) is 8.78 Å². The molecule has 8 heteroatoms. The average molecular weight is 519 g/mol. The molecule has 202 valence electrons. The van der Waals surface area contributed by atoms with E-state index in [2.05, 4.69) is 15.5 Å². The van der Waals surface area contributed by atoms with E-state index < -0.39 is 31.2 Å². The molecule has 1 aromatic carbocycles. The minimum Gasteiger partial charge on any atom is -0.349 e. The van der Waals surface area contributed by atoms with Gasteiger partial charge in [-0.05, 0) is 57.4 Å². The first-order valence-electron chi connectivity index (χ1n) is 16.1. The van der Waals surface area contributed by atoms with Crippen LogP contribution < -0.4 is 5.32 Å². The van der Waals surface area contributed by atoms with Crippen molar-refractivity contribution in [2.45, 2.75) is 114 Å². The number of alkyl halides is 2. The van der Waals surface area contributed by atoms with Gasteiger partial charge in [-0.15, -0.1) is 10.2 Å². The Morgan fingerprint density at radius 2 is 1.78 bits per heavy atom. The van der Waals surface area contributed by atoms with Gasteiger partial charge in [0.25, 0.3) is 0 Å². The maximum atomic E-state index is 13.7. The van der Waals surface area contributed by atoms with Crippen molar-refractivity contribution in [2.24, 2.45) is 5.92 Å². The average Bonchev–Trinajstić information content (AvgIpc) is 3.49. The lowest BCUT2D eigenvalue weighted by Crippen LogP contribution is -2.45. The summed E-state index contributed by atoms with van der Waals surface area (Å²) < 4.78 is 71.8. The van der Waals surface area contributed by atoms with Gasteiger partial charge in [0.15, 0.2) is 0 Å². The Morgan fingerprint density at radius 1 is 1.11 bits per heavy atom. The summed E-state index contributed by atoms with van der Waals surface area (Å²) in [7, 11) is 0. The lowest BCUT2D eigenvalue weighted by atomic mass is 9.86. The molecule has 3 heterocycles. The van der Waals surface area contributed by atoms with Gasteiger partial charge >= 0.3 is 0 Å². The standard InChI is InChI=1S/C29H41F2N5O/c1-19(2)27-34-33-20(3)36(27)25-17-23-9-10-24(18-25)35(23)16-13-26(21-7-5-4-6-8-21)32-28(37)22-11-14-29(30,31)15-12-22/h4-8,19,22-26H,9-18H2,1-3H3,(H,32,37)/t23-,24+,25?,26-/m0/s1/i3D3,16D2. The van der Waals surface area contributed by atoms with E-state index in [0.717, 1.165) is 18.4 Å². The minimum absolute atomic E-state index is 0.00763. The number of nitrogens with zero attached hydrogens (tertiary/aromatic N) is 4. The van der Waals surface area contributed by atoms with Crippen molar-refractivity contribution < 1.29 is 20.4 Å². The number of aryl methyl sites for hydroxylation is 1. The maximum absolute atomic E-state index is 13.7. The van der Waals surface area contributed by atoms with Gasteiger partial charge in [-0.25, -0.2) is 8.78 Å². The van der Waals surface area contributed by atoms with Crippen molar-refractivity contribution in [1.29, 1.82) is 0 Å². The second-order valence-corrected chi connectivity index (χ2v) is 11.3. The zero-order chi connectivity index (χ0) is 30.4. The van der Waals surface area contributed by atoms with Gasteiger partial charge in [-0.1, -0.05) is 44.2 Å². The van der Waals surface area contributed by atoms with E-state index in [0.29, 0.717) is 18.7 Å². The van der Waals surface area contributed by atoms with Crippen molar-refractivity contribution >= 4 is 5.91 Å². The van der Waals surface area contributed by atoms with Gasteiger partial charge in [0, 0.05) is 56.2 Å². The zero-order valence-electron chi connectivity index (χ0n) is 26.7. The van der Waals surface area contributed by atoms with Gasteiger partial charge < -0.3 is 9.88 Å². The smallest absolute Gasteiger partial charge is 0.248 e. The Bertz CT molecular complexity index is 1230. The van der Waals surface area contributed by atoms with Crippen LogP contribution in [0.5, 0.6) is 0 Å². The highest BCUT2D eigenvalue weighted by Crippen LogP contribution is 2.42. The number of nitrogens with one attached hydrogen (secondary N) is 1. The molecule has 37 heavy (non-hydrogen) atoms. The van der Waals surface area contributed by atoms with Crippen molar-refractivity contribution in [3.8, 4) is 0 Å². The maximum Gasteiger partial charge on any atom is 0.248 e. The Balaban J connectivity index is 1.35. The monoisotopic (exact) mass is 518 g/mol. The summed E-state index contributed by atoms with van der Waals surface area (Å²) in [5.41, 5.74) is 0.770. The fourth-order valence-corrected chi connectivity index (χ4v) is 6.40. The first-order chi connectivity index (χ1) is 19.7. The van der Waals surface area contributed by atoms with Gasteiger partial charge in [0.1, 0.15) is 11.6 Å². The molecular weight excluding hydrogens is 472 g/mol. The fraction of sp³-hybridized carbons (Fsp3) is 0.690. The molecule has 4 atom stereocenters. The summed E-state index contributed by atoms with van der Waals surface area (Å²) in [5.74, 6) is -2.94. The largest absolute Gasteiger partial charge is 0.349 e. The number of hydrogen-bond acceptors (Lipinski definition) is 4. The van der Waals surface area contributed by atoms with Crippen LogP contribution in [0.25, 0.3) is 0 Å². The van der Waals surface area contributed by atoms with E-state index in [1.54, 1.807) is 4.57 Å². The molecule has 1 N–H and O–H groups in total. The second kappa shape index (κ2) is 10.8.